The third kappa shape index (κ3) is 3.45. The number of rotatable bonds is 5. The lowest BCUT2D eigenvalue weighted by molar-refractivity contribution is -0.130. The average molecular weight is 390 g/mol. The van der Waals surface area contributed by atoms with Crippen LogP contribution in [0.3, 0.4) is 0 Å². The van der Waals surface area contributed by atoms with Gasteiger partial charge in [0, 0.05) is 17.3 Å². The van der Waals surface area contributed by atoms with Crippen molar-refractivity contribution < 1.29 is 19.0 Å². The summed E-state index contributed by atoms with van der Waals surface area (Å²) >= 11 is 0. The van der Waals surface area contributed by atoms with Gasteiger partial charge in [-0.1, -0.05) is 36.4 Å². The van der Waals surface area contributed by atoms with Gasteiger partial charge in [0.1, 0.15) is 11.6 Å². The van der Waals surface area contributed by atoms with Gasteiger partial charge in [0.2, 0.25) is 0 Å². The summed E-state index contributed by atoms with van der Waals surface area (Å²) in [5, 5.41) is 10.7. The minimum Gasteiger partial charge on any atom is -0.503 e. The Morgan fingerprint density at radius 2 is 1.79 bits per heavy atom. The zero-order chi connectivity index (χ0) is 20.4. The molecule has 3 aromatic rings. The normalized spacial score (nSPS) is 16.4. The molecule has 1 aromatic heterocycles. The number of hydrogen-bond acceptors (Lipinski definition) is 4. The van der Waals surface area contributed by atoms with E-state index in [9.17, 15) is 14.3 Å². The number of aliphatic hydroxyl groups is 1. The van der Waals surface area contributed by atoms with Crippen LogP contribution in [0.15, 0.2) is 78.7 Å². The van der Waals surface area contributed by atoms with Gasteiger partial charge < -0.3 is 14.7 Å². The lowest BCUT2D eigenvalue weighted by Crippen LogP contribution is -2.30. The fourth-order valence-electron chi connectivity index (χ4n) is 3.57. The molecule has 29 heavy (non-hydrogen) atoms. The first kappa shape index (κ1) is 18.7. The molecule has 2 aromatic carbocycles. The zero-order valence-corrected chi connectivity index (χ0v) is 15.7. The molecule has 1 N–H and O–H groups in total. The maximum Gasteiger partial charge on any atom is 0.290 e. The van der Waals surface area contributed by atoms with Gasteiger partial charge in [-0.15, -0.1) is 0 Å². The second-order valence-electron chi connectivity index (χ2n) is 6.67. The van der Waals surface area contributed by atoms with Crippen LogP contribution in [0.2, 0.25) is 0 Å². The van der Waals surface area contributed by atoms with Gasteiger partial charge in [-0.05, 0) is 35.9 Å². The molecule has 1 amide bonds. The van der Waals surface area contributed by atoms with Crippen LogP contribution in [0.25, 0.3) is 5.57 Å². The van der Waals surface area contributed by atoms with Crippen LogP contribution in [-0.2, 0) is 11.3 Å². The van der Waals surface area contributed by atoms with Gasteiger partial charge in [-0.2, -0.15) is 0 Å². The summed E-state index contributed by atoms with van der Waals surface area (Å²) in [7, 11) is 1.56. The Labute approximate surface area is 167 Å². The van der Waals surface area contributed by atoms with Crippen molar-refractivity contribution in [1.82, 2.24) is 9.88 Å². The van der Waals surface area contributed by atoms with E-state index in [1.54, 1.807) is 67.9 Å². The fraction of sp³-hybridized carbons (Fsp3) is 0.130. The third-order valence-electron chi connectivity index (χ3n) is 4.96. The Morgan fingerprint density at radius 1 is 1.07 bits per heavy atom. The number of ether oxygens (including phenoxy) is 1. The number of pyridine rings is 1. The maximum atomic E-state index is 14.7. The maximum absolute atomic E-state index is 14.7. The number of methoxy groups -OCH3 is 1. The summed E-state index contributed by atoms with van der Waals surface area (Å²) < 4.78 is 19.9. The third-order valence-corrected chi connectivity index (χ3v) is 4.96. The Bertz CT molecular complexity index is 1060. The van der Waals surface area contributed by atoms with Gasteiger partial charge in [0.05, 0.1) is 25.4 Å². The van der Waals surface area contributed by atoms with Crippen molar-refractivity contribution in [2.75, 3.05) is 7.11 Å². The molecular formula is C23H19FN2O3. The molecule has 0 radical (unpaired) electrons. The predicted molar refractivity (Wildman–Crippen MR) is 106 cm³/mol. The molecule has 0 spiro atoms. The summed E-state index contributed by atoms with van der Waals surface area (Å²) in [5.74, 6) is -0.753. The van der Waals surface area contributed by atoms with Gasteiger partial charge in [-0.3, -0.25) is 9.78 Å². The van der Waals surface area contributed by atoms with Crippen LogP contribution in [0.5, 0.6) is 5.75 Å². The van der Waals surface area contributed by atoms with Crippen molar-refractivity contribution in [2.45, 2.75) is 12.6 Å². The summed E-state index contributed by atoms with van der Waals surface area (Å²) in [6.07, 6.45) is 1.63. The standard InChI is InChI=1S/C23H19FN2O3/c1-29-17-11-9-15(10-12-17)20-21(18-7-2-3-8-19(18)24)26(23(28)22(20)27)14-16-6-4-5-13-25-16/h2-13,21,27H,14H2,1H3/t21-/m0/s1. The quantitative estimate of drug-likeness (QED) is 0.706. The van der Waals surface area contributed by atoms with Crippen molar-refractivity contribution in [3.63, 3.8) is 0 Å². The largest absolute Gasteiger partial charge is 0.503 e. The molecule has 5 nitrogen and oxygen atoms in total. The van der Waals surface area contributed by atoms with Crippen molar-refractivity contribution >= 4 is 11.5 Å². The van der Waals surface area contributed by atoms with Crippen molar-refractivity contribution in [2.24, 2.45) is 0 Å². The number of nitrogens with zero attached hydrogens (tertiary/aromatic N) is 2. The highest BCUT2D eigenvalue weighted by Gasteiger charge is 2.42. The molecular weight excluding hydrogens is 371 g/mol. The molecule has 4 rings (SSSR count). The number of amides is 1. The molecule has 1 aliphatic rings. The molecule has 0 saturated heterocycles. The number of hydrogen-bond donors (Lipinski definition) is 1. The molecule has 2 heterocycles. The number of carbonyl (C=O) groups excluding carboxylic acids is 1. The van der Waals surface area contributed by atoms with Gasteiger partial charge >= 0.3 is 0 Å². The number of carbonyl (C=O) groups is 1. The first-order valence-corrected chi connectivity index (χ1v) is 9.13. The van der Waals surface area contributed by atoms with E-state index in [2.05, 4.69) is 4.98 Å². The van der Waals surface area contributed by atoms with E-state index in [4.69, 9.17) is 4.74 Å². The van der Waals surface area contributed by atoms with E-state index in [-0.39, 0.29) is 12.3 Å². The van der Waals surface area contributed by atoms with Crippen LogP contribution in [-0.4, -0.2) is 28.0 Å². The van der Waals surface area contributed by atoms with E-state index < -0.39 is 17.8 Å². The molecule has 1 atom stereocenters. The molecule has 0 fully saturated rings. The molecule has 0 saturated carbocycles. The Hall–Kier alpha value is -3.67. The van der Waals surface area contributed by atoms with E-state index in [0.717, 1.165) is 0 Å². The second-order valence-corrected chi connectivity index (χ2v) is 6.67. The molecule has 0 bridgehead atoms. The van der Waals surface area contributed by atoms with Gasteiger partial charge in [0.15, 0.2) is 5.76 Å². The van der Waals surface area contributed by atoms with Crippen LogP contribution < -0.4 is 4.74 Å². The summed E-state index contributed by atoms with van der Waals surface area (Å²) in [5.41, 5.74) is 1.93. The summed E-state index contributed by atoms with van der Waals surface area (Å²) in [6.45, 7) is 0.141. The highest BCUT2D eigenvalue weighted by atomic mass is 19.1. The summed E-state index contributed by atoms with van der Waals surface area (Å²) in [6, 6.07) is 17.8. The molecule has 0 unspecified atom stereocenters. The zero-order valence-electron chi connectivity index (χ0n) is 15.7. The molecule has 6 heteroatoms. The van der Waals surface area contributed by atoms with Crippen molar-refractivity contribution in [3.8, 4) is 5.75 Å². The second kappa shape index (κ2) is 7.75. The van der Waals surface area contributed by atoms with E-state index >= 15 is 0 Å². The monoisotopic (exact) mass is 390 g/mol. The Balaban J connectivity index is 1.83. The number of halogens is 1. The Morgan fingerprint density at radius 3 is 2.45 bits per heavy atom. The first-order chi connectivity index (χ1) is 14.1. The Kier molecular flexibility index (Phi) is 4.99. The lowest BCUT2D eigenvalue weighted by Gasteiger charge is -2.27. The minimum absolute atomic E-state index is 0.141. The molecule has 146 valence electrons. The smallest absolute Gasteiger partial charge is 0.290 e. The SMILES string of the molecule is COc1ccc(C2=C(O)C(=O)N(Cc3ccccn3)[C@H]2c2ccccc2F)cc1. The van der Waals surface area contributed by atoms with Gasteiger partial charge in [0.25, 0.3) is 5.91 Å². The highest BCUT2D eigenvalue weighted by molar-refractivity contribution is 6.05. The minimum atomic E-state index is -0.779. The lowest BCUT2D eigenvalue weighted by atomic mass is 9.93. The van der Waals surface area contributed by atoms with E-state index in [1.807, 2.05) is 6.07 Å². The topological polar surface area (TPSA) is 62.7 Å². The van der Waals surface area contributed by atoms with Gasteiger partial charge in [-0.25, -0.2) is 4.39 Å². The van der Waals surface area contributed by atoms with E-state index in [0.29, 0.717) is 28.1 Å². The van der Waals surface area contributed by atoms with Crippen LogP contribution in [0.4, 0.5) is 4.39 Å². The van der Waals surface area contributed by atoms with Crippen LogP contribution in [0.1, 0.15) is 22.9 Å². The summed E-state index contributed by atoms with van der Waals surface area (Å²) in [4.78, 5) is 18.7. The van der Waals surface area contributed by atoms with Crippen molar-refractivity contribution in [3.05, 3.63) is 101 Å². The fourth-order valence-corrected chi connectivity index (χ4v) is 3.57. The van der Waals surface area contributed by atoms with Crippen LogP contribution in [0, 0.1) is 5.82 Å². The number of aromatic nitrogens is 1. The number of benzene rings is 2. The van der Waals surface area contributed by atoms with E-state index in [1.165, 1.54) is 11.0 Å². The van der Waals surface area contributed by atoms with Crippen molar-refractivity contribution in [1.29, 1.82) is 0 Å². The first-order valence-electron chi connectivity index (χ1n) is 9.13. The number of aliphatic hydroxyl groups excluding tert-OH is 1. The van der Waals surface area contributed by atoms with Crippen LogP contribution >= 0.6 is 0 Å². The predicted octanol–water partition coefficient (Wildman–Crippen LogP) is 4.28. The average Bonchev–Trinajstić information content (AvgIpc) is 3.00. The molecule has 0 aliphatic carbocycles. The molecule has 1 aliphatic heterocycles. The highest BCUT2D eigenvalue weighted by Crippen LogP contribution is 2.44.